The number of amides is 2. The number of carbonyl (C=O) groups excluding carboxylic acids is 2. The number of carbonyl (C=O) groups is 2. The highest BCUT2D eigenvalue weighted by Gasteiger charge is 2.29. The Morgan fingerprint density at radius 3 is 2.00 bits per heavy atom. The third-order valence-electron chi connectivity index (χ3n) is 6.16. The van der Waals surface area contributed by atoms with E-state index in [0.29, 0.717) is 16.9 Å². The molecule has 0 saturated carbocycles. The molecule has 0 aromatic heterocycles. The summed E-state index contributed by atoms with van der Waals surface area (Å²) in [7, 11) is -4.26. The highest BCUT2D eigenvalue weighted by Crippen LogP contribution is 2.27. The normalized spacial score (nSPS) is 11.5. The smallest absolute Gasteiger partial charge is 0.264 e. The zero-order valence-electron chi connectivity index (χ0n) is 22.4. The number of benzene rings is 4. The molecule has 4 aromatic carbocycles. The van der Waals surface area contributed by atoms with E-state index in [1.165, 1.54) is 30.3 Å². The first kappa shape index (κ1) is 28.5. The molecule has 206 valence electrons. The molecule has 0 aliphatic rings. The van der Waals surface area contributed by atoms with Crippen molar-refractivity contribution in [3.05, 3.63) is 120 Å². The second-order valence-corrected chi connectivity index (χ2v) is 12.0. The van der Waals surface area contributed by atoms with Crippen molar-refractivity contribution in [2.75, 3.05) is 21.5 Å². The SMILES string of the molecule is CC(C)(C)c1ccc(C(=O)Nc2cccc(NC(=O)CN(c3ccccc3F)S(=O)(=O)c3ccccc3)c2)cc1. The lowest BCUT2D eigenvalue weighted by Gasteiger charge is -2.24. The summed E-state index contributed by atoms with van der Waals surface area (Å²) >= 11 is 0. The topological polar surface area (TPSA) is 95.6 Å². The molecule has 0 aliphatic heterocycles. The van der Waals surface area contributed by atoms with Gasteiger partial charge in [-0.1, -0.05) is 69.3 Å². The minimum atomic E-state index is -4.26. The van der Waals surface area contributed by atoms with Crippen molar-refractivity contribution >= 4 is 38.9 Å². The van der Waals surface area contributed by atoms with Gasteiger partial charge in [-0.3, -0.25) is 13.9 Å². The minimum absolute atomic E-state index is 0.0379. The Balaban J connectivity index is 1.51. The molecule has 4 aromatic rings. The predicted octanol–water partition coefficient (Wildman–Crippen LogP) is 6.21. The van der Waals surface area contributed by atoms with Gasteiger partial charge < -0.3 is 10.6 Å². The Hall–Kier alpha value is -4.50. The number of anilines is 3. The zero-order chi connectivity index (χ0) is 28.9. The predicted molar refractivity (Wildman–Crippen MR) is 156 cm³/mol. The summed E-state index contributed by atoms with van der Waals surface area (Å²) in [6, 6.07) is 26.7. The van der Waals surface area contributed by atoms with Crippen LogP contribution in [0, 0.1) is 5.82 Å². The van der Waals surface area contributed by atoms with Crippen LogP contribution in [0.1, 0.15) is 36.7 Å². The lowest BCUT2D eigenvalue weighted by atomic mass is 9.87. The summed E-state index contributed by atoms with van der Waals surface area (Å²) in [6.07, 6.45) is 0. The molecule has 0 atom stereocenters. The van der Waals surface area contributed by atoms with E-state index in [1.807, 2.05) is 12.1 Å². The van der Waals surface area contributed by atoms with E-state index < -0.39 is 28.3 Å². The maximum Gasteiger partial charge on any atom is 0.264 e. The average molecular weight is 560 g/mol. The molecule has 0 radical (unpaired) electrons. The molecule has 2 amide bonds. The Morgan fingerprint density at radius 1 is 0.775 bits per heavy atom. The minimum Gasteiger partial charge on any atom is -0.324 e. The number of nitrogens with one attached hydrogen (secondary N) is 2. The van der Waals surface area contributed by atoms with Crippen LogP contribution in [0.15, 0.2) is 108 Å². The van der Waals surface area contributed by atoms with Gasteiger partial charge in [-0.2, -0.15) is 0 Å². The fourth-order valence-corrected chi connectivity index (χ4v) is 5.45. The molecule has 0 fully saturated rings. The molecule has 0 spiro atoms. The molecule has 9 heteroatoms. The van der Waals surface area contributed by atoms with Crippen LogP contribution >= 0.6 is 0 Å². The first-order chi connectivity index (χ1) is 18.9. The van der Waals surface area contributed by atoms with Crippen LogP contribution in [0.2, 0.25) is 0 Å². The fraction of sp³-hybridized carbons (Fsp3) is 0.161. The van der Waals surface area contributed by atoms with Crippen LogP contribution in [0.3, 0.4) is 0 Å². The summed E-state index contributed by atoms with van der Waals surface area (Å²) in [5, 5.41) is 5.45. The van der Waals surface area contributed by atoms with Crippen LogP contribution in [0.5, 0.6) is 0 Å². The van der Waals surface area contributed by atoms with E-state index in [2.05, 4.69) is 31.4 Å². The monoisotopic (exact) mass is 559 g/mol. The van der Waals surface area contributed by atoms with Crippen molar-refractivity contribution in [1.29, 1.82) is 0 Å². The highest BCUT2D eigenvalue weighted by atomic mass is 32.2. The molecule has 0 aliphatic carbocycles. The first-order valence-corrected chi connectivity index (χ1v) is 14.0. The highest BCUT2D eigenvalue weighted by molar-refractivity contribution is 7.92. The molecule has 4 rings (SSSR count). The molecular weight excluding hydrogens is 529 g/mol. The third-order valence-corrected chi connectivity index (χ3v) is 7.93. The van der Waals surface area contributed by atoms with Crippen molar-refractivity contribution in [2.45, 2.75) is 31.1 Å². The molecule has 0 saturated heterocycles. The van der Waals surface area contributed by atoms with Crippen molar-refractivity contribution < 1.29 is 22.4 Å². The first-order valence-electron chi connectivity index (χ1n) is 12.6. The van der Waals surface area contributed by atoms with Gasteiger partial charge in [-0.05, 0) is 65.6 Å². The lowest BCUT2D eigenvalue weighted by molar-refractivity contribution is -0.114. The van der Waals surface area contributed by atoms with E-state index in [4.69, 9.17) is 0 Å². The van der Waals surface area contributed by atoms with E-state index >= 15 is 0 Å². The summed E-state index contributed by atoms with van der Waals surface area (Å²) in [6.45, 7) is 5.60. The van der Waals surface area contributed by atoms with Crippen LogP contribution in [-0.4, -0.2) is 26.8 Å². The van der Waals surface area contributed by atoms with Gasteiger partial charge in [0, 0.05) is 16.9 Å². The number of rotatable bonds is 8. The number of para-hydroxylation sites is 1. The lowest BCUT2D eigenvalue weighted by Crippen LogP contribution is -2.38. The van der Waals surface area contributed by atoms with E-state index in [-0.39, 0.29) is 21.9 Å². The fourth-order valence-electron chi connectivity index (χ4n) is 4.00. The summed E-state index contributed by atoms with van der Waals surface area (Å²) in [5.41, 5.74) is 2.06. The van der Waals surface area contributed by atoms with E-state index in [0.717, 1.165) is 15.9 Å². The van der Waals surface area contributed by atoms with Crippen LogP contribution < -0.4 is 14.9 Å². The van der Waals surface area contributed by atoms with Gasteiger partial charge >= 0.3 is 0 Å². The van der Waals surface area contributed by atoms with Crippen LogP contribution in [0.25, 0.3) is 0 Å². The maximum absolute atomic E-state index is 14.7. The van der Waals surface area contributed by atoms with Crippen LogP contribution in [-0.2, 0) is 20.2 Å². The van der Waals surface area contributed by atoms with Gasteiger partial charge in [0.1, 0.15) is 12.4 Å². The second kappa shape index (κ2) is 11.7. The molecule has 2 N–H and O–H groups in total. The Morgan fingerprint density at radius 2 is 1.38 bits per heavy atom. The number of hydrogen-bond donors (Lipinski definition) is 2. The Bertz CT molecular complexity index is 1620. The quantitative estimate of drug-likeness (QED) is 0.268. The second-order valence-electron chi connectivity index (χ2n) is 10.2. The van der Waals surface area contributed by atoms with E-state index in [9.17, 15) is 22.4 Å². The Kier molecular flexibility index (Phi) is 8.35. The van der Waals surface area contributed by atoms with Crippen molar-refractivity contribution in [2.24, 2.45) is 0 Å². The van der Waals surface area contributed by atoms with Gasteiger partial charge in [-0.15, -0.1) is 0 Å². The Labute approximate surface area is 233 Å². The molecular formula is C31H30FN3O4S. The third kappa shape index (κ3) is 6.73. The molecule has 0 unspecified atom stereocenters. The van der Waals surface area contributed by atoms with Gasteiger partial charge in [0.15, 0.2) is 0 Å². The average Bonchev–Trinajstić information content (AvgIpc) is 2.92. The van der Waals surface area contributed by atoms with E-state index in [1.54, 1.807) is 54.6 Å². The van der Waals surface area contributed by atoms with Gasteiger partial charge in [-0.25, -0.2) is 12.8 Å². The molecule has 7 nitrogen and oxygen atoms in total. The standard InChI is InChI=1S/C31H30FN3O4S/c1-31(2,3)23-18-16-22(17-19-23)30(37)34-25-11-9-10-24(20-25)33-29(36)21-35(28-15-8-7-14-27(28)32)40(38,39)26-12-5-4-6-13-26/h4-20H,21H2,1-3H3,(H,33,36)(H,34,37). The largest absolute Gasteiger partial charge is 0.324 e. The van der Waals surface area contributed by atoms with Gasteiger partial charge in [0.2, 0.25) is 5.91 Å². The summed E-state index contributed by atoms with van der Waals surface area (Å²) in [5.74, 6) is -1.79. The van der Waals surface area contributed by atoms with Gasteiger partial charge in [0.05, 0.1) is 10.6 Å². The number of hydrogen-bond acceptors (Lipinski definition) is 4. The summed E-state index contributed by atoms with van der Waals surface area (Å²) in [4.78, 5) is 25.7. The molecule has 40 heavy (non-hydrogen) atoms. The zero-order valence-corrected chi connectivity index (χ0v) is 23.2. The van der Waals surface area contributed by atoms with Crippen molar-refractivity contribution in [1.82, 2.24) is 0 Å². The maximum atomic E-state index is 14.7. The van der Waals surface area contributed by atoms with Crippen molar-refractivity contribution in [3.8, 4) is 0 Å². The number of halogens is 1. The molecule has 0 bridgehead atoms. The number of nitrogens with zero attached hydrogens (tertiary/aromatic N) is 1. The number of sulfonamides is 1. The molecule has 0 heterocycles. The summed E-state index contributed by atoms with van der Waals surface area (Å²) < 4.78 is 42.2. The van der Waals surface area contributed by atoms with Gasteiger partial charge in [0.25, 0.3) is 15.9 Å². The van der Waals surface area contributed by atoms with Crippen molar-refractivity contribution in [3.63, 3.8) is 0 Å². The van der Waals surface area contributed by atoms with Crippen LogP contribution in [0.4, 0.5) is 21.5 Å².